The molecule has 1 aliphatic rings. The molecule has 0 aliphatic carbocycles. The van der Waals surface area contributed by atoms with E-state index in [0.717, 1.165) is 4.90 Å². The number of hydrogen-bond acceptors (Lipinski definition) is 5. The van der Waals surface area contributed by atoms with E-state index < -0.39 is 10.7 Å². The lowest BCUT2D eigenvalue weighted by Gasteiger charge is -2.25. The van der Waals surface area contributed by atoms with Crippen molar-refractivity contribution in [2.45, 2.75) is 45.3 Å². The van der Waals surface area contributed by atoms with Gasteiger partial charge in [-0.2, -0.15) is 17.9 Å². The van der Waals surface area contributed by atoms with Crippen molar-refractivity contribution in [2.24, 2.45) is 11.3 Å². The predicted molar refractivity (Wildman–Crippen MR) is 84.9 cm³/mol. The molecular formula is C15H23N3O3S. The van der Waals surface area contributed by atoms with Crippen molar-refractivity contribution in [3.63, 3.8) is 0 Å². The van der Waals surface area contributed by atoms with Crippen LogP contribution in [0.4, 0.5) is 0 Å². The van der Waals surface area contributed by atoms with Crippen LogP contribution in [-0.4, -0.2) is 41.0 Å². The topological polar surface area (TPSA) is 90.3 Å². The number of nitriles is 1. The fourth-order valence-corrected chi connectivity index (χ4v) is 2.44. The molecule has 2 unspecified atom stereocenters. The van der Waals surface area contributed by atoms with Crippen LogP contribution in [0.15, 0.2) is 0 Å². The zero-order chi connectivity index (χ0) is 16.9. The van der Waals surface area contributed by atoms with Crippen molar-refractivity contribution in [3.8, 4) is 6.07 Å². The molecule has 1 rings (SSSR count). The maximum atomic E-state index is 11.8. The van der Waals surface area contributed by atoms with E-state index >= 15 is 0 Å². The average Bonchev–Trinajstić information content (AvgIpc) is 2.70. The molecule has 1 heterocycles. The Morgan fingerprint density at radius 3 is 2.64 bits per heavy atom. The second-order valence-electron chi connectivity index (χ2n) is 6.14. The van der Waals surface area contributed by atoms with Gasteiger partial charge in [0, 0.05) is 25.9 Å². The Bertz CT molecular complexity index is 501. The standard InChI is InChI=1S/C15H23N3O3S/c1-10(2)15(3,9-16)5-4-12(19)17-6-7-18-13(20)8-11(22)14(18)21/h10-11,22H,4-8H2,1-3H3,(H,17,19). The number of nitrogens with one attached hydrogen (secondary N) is 1. The van der Waals surface area contributed by atoms with Crippen LogP contribution in [0.5, 0.6) is 0 Å². The normalized spacial score (nSPS) is 20.9. The molecule has 1 saturated heterocycles. The molecular weight excluding hydrogens is 302 g/mol. The lowest BCUT2D eigenvalue weighted by atomic mass is 9.77. The Morgan fingerprint density at radius 2 is 2.18 bits per heavy atom. The van der Waals surface area contributed by atoms with Crippen LogP contribution in [0.3, 0.4) is 0 Å². The van der Waals surface area contributed by atoms with Crippen molar-refractivity contribution in [2.75, 3.05) is 13.1 Å². The lowest BCUT2D eigenvalue weighted by molar-refractivity contribution is -0.138. The number of hydrogen-bond donors (Lipinski definition) is 2. The van der Waals surface area contributed by atoms with E-state index in [0.29, 0.717) is 6.42 Å². The monoisotopic (exact) mass is 325 g/mol. The third kappa shape index (κ3) is 4.47. The van der Waals surface area contributed by atoms with Gasteiger partial charge in [0.25, 0.3) is 0 Å². The second kappa shape index (κ2) is 7.63. The summed E-state index contributed by atoms with van der Waals surface area (Å²) >= 11 is 4.03. The maximum absolute atomic E-state index is 11.8. The molecule has 6 nitrogen and oxygen atoms in total. The Morgan fingerprint density at radius 1 is 1.55 bits per heavy atom. The first-order chi connectivity index (χ1) is 10.2. The summed E-state index contributed by atoms with van der Waals surface area (Å²) in [5, 5.41) is 11.3. The summed E-state index contributed by atoms with van der Waals surface area (Å²) in [6.07, 6.45) is 0.845. The number of nitrogens with zero attached hydrogens (tertiary/aromatic N) is 2. The van der Waals surface area contributed by atoms with E-state index in [2.05, 4.69) is 24.0 Å². The molecule has 1 fully saturated rings. The highest BCUT2D eigenvalue weighted by molar-refractivity contribution is 7.81. The van der Waals surface area contributed by atoms with Gasteiger partial charge >= 0.3 is 0 Å². The number of imide groups is 1. The summed E-state index contributed by atoms with van der Waals surface area (Å²) in [6, 6.07) is 2.26. The number of likely N-dealkylation sites (tertiary alicyclic amines) is 1. The Kier molecular flexibility index (Phi) is 6.42. The van der Waals surface area contributed by atoms with Gasteiger partial charge < -0.3 is 5.32 Å². The Balaban J connectivity index is 2.34. The number of carbonyl (C=O) groups excluding carboxylic acids is 3. The minimum atomic E-state index is -0.564. The smallest absolute Gasteiger partial charge is 0.242 e. The molecule has 0 aromatic carbocycles. The summed E-state index contributed by atoms with van der Waals surface area (Å²) in [5.74, 6) is -0.573. The molecule has 3 amide bonds. The molecule has 0 spiro atoms. The van der Waals surface area contributed by atoms with Crippen LogP contribution in [-0.2, 0) is 14.4 Å². The van der Waals surface area contributed by atoms with E-state index in [-0.39, 0.29) is 49.6 Å². The van der Waals surface area contributed by atoms with Gasteiger partial charge in [-0.3, -0.25) is 19.3 Å². The molecule has 122 valence electrons. The van der Waals surface area contributed by atoms with E-state index in [1.165, 1.54) is 0 Å². The number of thiol groups is 1. The molecule has 0 saturated carbocycles. The lowest BCUT2D eigenvalue weighted by Crippen LogP contribution is -2.39. The van der Waals surface area contributed by atoms with Gasteiger partial charge in [-0.25, -0.2) is 0 Å². The van der Waals surface area contributed by atoms with Gasteiger partial charge in [-0.15, -0.1) is 0 Å². The zero-order valence-electron chi connectivity index (χ0n) is 13.3. The van der Waals surface area contributed by atoms with Crippen LogP contribution in [0.1, 0.15) is 40.0 Å². The largest absolute Gasteiger partial charge is 0.354 e. The molecule has 0 aromatic heterocycles. The summed E-state index contributed by atoms with van der Waals surface area (Å²) in [5.41, 5.74) is -0.530. The van der Waals surface area contributed by atoms with Crippen molar-refractivity contribution in [1.82, 2.24) is 10.2 Å². The van der Waals surface area contributed by atoms with Gasteiger partial charge in [-0.05, 0) is 19.3 Å². The molecule has 7 heteroatoms. The Hall–Kier alpha value is -1.55. The molecule has 1 N–H and O–H groups in total. The van der Waals surface area contributed by atoms with Crippen molar-refractivity contribution in [3.05, 3.63) is 0 Å². The minimum Gasteiger partial charge on any atom is -0.354 e. The fourth-order valence-electron chi connectivity index (χ4n) is 2.14. The molecule has 2 atom stereocenters. The third-order valence-electron chi connectivity index (χ3n) is 4.28. The van der Waals surface area contributed by atoms with Crippen LogP contribution in [0, 0.1) is 22.7 Å². The highest BCUT2D eigenvalue weighted by atomic mass is 32.1. The number of amides is 3. The summed E-state index contributed by atoms with van der Waals surface area (Å²) < 4.78 is 0. The molecule has 1 aliphatic heterocycles. The van der Waals surface area contributed by atoms with E-state index in [1.54, 1.807) is 0 Å². The SMILES string of the molecule is CC(C)C(C)(C#N)CCC(=O)NCCN1C(=O)CC(S)C1=O. The minimum absolute atomic E-state index is 0.116. The van der Waals surface area contributed by atoms with E-state index in [1.807, 2.05) is 20.8 Å². The molecule has 0 bridgehead atoms. The fraction of sp³-hybridized carbons (Fsp3) is 0.733. The molecule has 22 heavy (non-hydrogen) atoms. The first-order valence-electron chi connectivity index (χ1n) is 7.41. The van der Waals surface area contributed by atoms with Gasteiger partial charge in [-0.1, -0.05) is 13.8 Å². The summed E-state index contributed by atoms with van der Waals surface area (Å²) in [7, 11) is 0. The highest BCUT2D eigenvalue weighted by Gasteiger charge is 2.35. The highest BCUT2D eigenvalue weighted by Crippen LogP contribution is 2.31. The second-order valence-corrected chi connectivity index (χ2v) is 6.76. The van der Waals surface area contributed by atoms with E-state index in [9.17, 15) is 19.6 Å². The molecule has 0 aromatic rings. The van der Waals surface area contributed by atoms with Gasteiger partial charge in [0.15, 0.2) is 0 Å². The quantitative estimate of drug-likeness (QED) is 0.542. The predicted octanol–water partition coefficient (Wildman–Crippen LogP) is 1.13. The summed E-state index contributed by atoms with van der Waals surface area (Å²) in [6.45, 7) is 6.15. The van der Waals surface area contributed by atoms with Gasteiger partial charge in [0.05, 0.1) is 16.7 Å². The van der Waals surface area contributed by atoms with Crippen LogP contribution in [0.2, 0.25) is 0 Å². The maximum Gasteiger partial charge on any atom is 0.242 e. The van der Waals surface area contributed by atoms with Crippen LogP contribution >= 0.6 is 12.6 Å². The third-order valence-corrected chi connectivity index (χ3v) is 4.68. The number of carbonyl (C=O) groups is 3. The average molecular weight is 325 g/mol. The van der Waals surface area contributed by atoms with Gasteiger partial charge in [0.1, 0.15) is 0 Å². The van der Waals surface area contributed by atoms with Crippen molar-refractivity contribution < 1.29 is 14.4 Å². The van der Waals surface area contributed by atoms with E-state index in [4.69, 9.17) is 0 Å². The van der Waals surface area contributed by atoms with Crippen LogP contribution in [0.25, 0.3) is 0 Å². The first kappa shape index (κ1) is 18.5. The Labute approximate surface area is 136 Å². The molecule has 0 radical (unpaired) electrons. The summed E-state index contributed by atoms with van der Waals surface area (Å²) in [4.78, 5) is 36.1. The van der Waals surface area contributed by atoms with Crippen molar-refractivity contribution >= 4 is 30.4 Å². The van der Waals surface area contributed by atoms with Gasteiger partial charge in [0.2, 0.25) is 17.7 Å². The van der Waals surface area contributed by atoms with Crippen LogP contribution < -0.4 is 5.32 Å². The first-order valence-corrected chi connectivity index (χ1v) is 7.93. The van der Waals surface area contributed by atoms with Crippen molar-refractivity contribution in [1.29, 1.82) is 5.26 Å². The zero-order valence-corrected chi connectivity index (χ0v) is 14.2. The number of rotatable bonds is 7.